The summed E-state index contributed by atoms with van der Waals surface area (Å²) in [6, 6.07) is -0.0253. The van der Waals surface area contributed by atoms with E-state index in [2.05, 4.69) is 10.3 Å². The monoisotopic (exact) mass is 231 g/mol. The Morgan fingerprint density at radius 3 is 3.20 bits per heavy atom. The fraction of sp³-hybridized carbons (Fsp3) is 0.889. The lowest BCUT2D eigenvalue weighted by molar-refractivity contribution is -0.0756. The van der Waals surface area contributed by atoms with Crippen LogP contribution in [0, 0.1) is 0 Å². The van der Waals surface area contributed by atoms with Gasteiger partial charge in [0, 0.05) is 13.5 Å². The highest BCUT2D eigenvalue weighted by atomic mass is 32.2. The van der Waals surface area contributed by atoms with E-state index in [1.165, 1.54) is 0 Å². The smallest absolute Gasteiger partial charge is 0.159 e. The van der Waals surface area contributed by atoms with E-state index in [-0.39, 0.29) is 23.7 Å². The summed E-state index contributed by atoms with van der Waals surface area (Å²) >= 11 is 1.54. The Morgan fingerprint density at radius 2 is 2.53 bits per heavy atom. The molecule has 2 saturated heterocycles. The van der Waals surface area contributed by atoms with E-state index < -0.39 is 0 Å². The number of aliphatic hydroxyl groups excluding tert-OH is 1. The molecule has 0 spiro atoms. The van der Waals surface area contributed by atoms with Crippen LogP contribution in [0.4, 0.5) is 0 Å². The Morgan fingerprint density at radius 1 is 1.73 bits per heavy atom. The maximum Gasteiger partial charge on any atom is 0.159 e. The first-order valence-electron chi connectivity index (χ1n) is 5.18. The van der Waals surface area contributed by atoms with Crippen LogP contribution < -0.4 is 11.1 Å². The van der Waals surface area contributed by atoms with E-state index in [1.54, 1.807) is 18.8 Å². The van der Waals surface area contributed by atoms with Gasteiger partial charge in [-0.1, -0.05) is 11.8 Å². The van der Waals surface area contributed by atoms with Crippen molar-refractivity contribution in [3.8, 4) is 0 Å². The van der Waals surface area contributed by atoms with Crippen LogP contribution in [0.15, 0.2) is 4.99 Å². The molecule has 6 heteroatoms. The number of aliphatic imine (C=N–C) groups is 1. The van der Waals surface area contributed by atoms with Crippen molar-refractivity contribution in [2.45, 2.75) is 36.5 Å². The maximum absolute atomic E-state index is 9.94. The first-order valence-corrected chi connectivity index (χ1v) is 6.06. The molecule has 0 aromatic heterocycles. The minimum Gasteiger partial charge on any atom is -0.391 e. The van der Waals surface area contributed by atoms with Gasteiger partial charge in [-0.15, -0.1) is 0 Å². The highest BCUT2D eigenvalue weighted by Crippen LogP contribution is 2.34. The average molecular weight is 231 g/mol. The van der Waals surface area contributed by atoms with E-state index in [9.17, 15) is 5.11 Å². The maximum atomic E-state index is 9.94. The minimum absolute atomic E-state index is 0.0241. The molecule has 2 fully saturated rings. The summed E-state index contributed by atoms with van der Waals surface area (Å²) in [5, 5.41) is 13.9. The predicted octanol–water partition coefficient (Wildman–Crippen LogP) is -0.498. The number of hydrogen-bond donors (Lipinski definition) is 3. The number of aliphatic hydroxyl groups is 1. The largest absolute Gasteiger partial charge is 0.391 e. The topological polar surface area (TPSA) is 79.9 Å². The van der Waals surface area contributed by atoms with Gasteiger partial charge in [-0.3, -0.25) is 4.99 Å². The summed E-state index contributed by atoms with van der Waals surface area (Å²) in [7, 11) is 1.73. The van der Waals surface area contributed by atoms with E-state index in [0.717, 1.165) is 11.6 Å². The van der Waals surface area contributed by atoms with E-state index in [4.69, 9.17) is 10.5 Å². The van der Waals surface area contributed by atoms with Crippen LogP contribution in [-0.4, -0.2) is 47.6 Å². The third-order valence-electron chi connectivity index (χ3n) is 2.75. The number of amidine groups is 1. The van der Waals surface area contributed by atoms with E-state index in [1.807, 2.05) is 0 Å². The molecular weight excluding hydrogens is 214 g/mol. The van der Waals surface area contributed by atoms with Crippen molar-refractivity contribution >= 4 is 16.9 Å². The van der Waals surface area contributed by atoms with Crippen LogP contribution in [0.2, 0.25) is 0 Å². The molecule has 0 radical (unpaired) electrons. The number of fused-ring (bicyclic) bond motifs is 1. The van der Waals surface area contributed by atoms with Crippen molar-refractivity contribution < 1.29 is 9.84 Å². The Labute approximate surface area is 93.5 Å². The summed E-state index contributed by atoms with van der Waals surface area (Å²) in [5.41, 5.74) is 5.46. The van der Waals surface area contributed by atoms with Crippen molar-refractivity contribution in [2.24, 2.45) is 10.7 Å². The van der Waals surface area contributed by atoms with Gasteiger partial charge in [-0.25, -0.2) is 0 Å². The Hall–Kier alpha value is -0.300. The van der Waals surface area contributed by atoms with Gasteiger partial charge >= 0.3 is 0 Å². The zero-order chi connectivity index (χ0) is 10.8. The molecule has 0 amide bonds. The van der Waals surface area contributed by atoms with Gasteiger partial charge in [-0.05, 0) is 13.0 Å². The normalized spacial score (nSPS) is 42.7. The standard InChI is InChI=1S/C9H17N3O2S/c1-11-9-12-7-6(13)4-5(2-3-10)14-8(7)15-9/h5-8,13H,2-4,10H2,1H3,(H,11,12). The molecule has 0 aliphatic carbocycles. The highest BCUT2D eigenvalue weighted by molar-refractivity contribution is 8.14. The summed E-state index contributed by atoms with van der Waals surface area (Å²) < 4.78 is 5.83. The lowest BCUT2D eigenvalue weighted by Gasteiger charge is -2.34. The molecule has 0 saturated carbocycles. The lowest BCUT2D eigenvalue weighted by atomic mass is 9.99. The zero-order valence-electron chi connectivity index (χ0n) is 8.72. The second-order valence-electron chi connectivity index (χ2n) is 3.82. The quantitative estimate of drug-likeness (QED) is 0.597. The molecule has 4 atom stereocenters. The van der Waals surface area contributed by atoms with Gasteiger partial charge in [0.25, 0.3) is 0 Å². The molecule has 0 aromatic carbocycles. The number of hydrogen-bond acceptors (Lipinski definition) is 5. The lowest BCUT2D eigenvalue weighted by Crippen LogP contribution is -2.50. The van der Waals surface area contributed by atoms with E-state index >= 15 is 0 Å². The molecular formula is C9H17N3O2S. The zero-order valence-corrected chi connectivity index (χ0v) is 9.54. The van der Waals surface area contributed by atoms with Crippen LogP contribution in [0.5, 0.6) is 0 Å². The van der Waals surface area contributed by atoms with Gasteiger partial charge < -0.3 is 20.9 Å². The van der Waals surface area contributed by atoms with Gasteiger partial charge in [0.2, 0.25) is 0 Å². The number of ether oxygens (including phenoxy) is 1. The molecule has 15 heavy (non-hydrogen) atoms. The second kappa shape index (κ2) is 4.69. The molecule has 4 N–H and O–H groups in total. The SMILES string of the molecule is CN=C1NC2C(O)CC(CCN)OC2S1. The average Bonchev–Trinajstić information content (AvgIpc) is 2.62. The van der Waals surface area contributed by atoms with Crippen molar-refractivity contribution in [3.05, 3.63) is 0 Å². The number of nitrogens with one attached hydrogen (secondary N) is 1. The highest BCUT2D eigenvalue weighted by Gasteiger charge is 2.43. The van der Waals surface area contributed by atoms with Crippen molar-refractivity contribution in [1.82, 2.24) is 5.32 Å². The van der Waals surface area contributed by atoms with Crippen molar-refractivity contribution in [3.63, 3.8) is 0 Å². The molecule has 2 heterocycles. The minimum atomic E-state index is -0.368. The van der Waals surface area contributed by atoms with Gasteiger partial charge in [0.15, 0.2) is 5.17 Å². The number of nitrogens with zero attached hydrogens (tertiary/aromatic N) is 1. The van der Waals surface area contributed by atoms with Crippen LogP contribution in [0.1, 0.15) is 12.8 Å². The molecule has 2 aliphatic heterocycles. The summed E-state index contributed by atoms with van der Waals surface area (Å²) in [6.07, 6.45) is 1.17. The molecule has 0 bridgehead atoms. The second-order valence-corrected chi connectivity index (χ2v) is 4.91. The van der Waals surface area contributed by atoms with Crippen molar-refractivity contribution in [1.29, 1.82) is 0 Å². The third-order valence-corrected chi connectivity index (χ3v) is 3.91. The Kier molecular flexibility index (Phi) is 3.50. The number of thioether (sulfide) groups is 1. The molecule has 0 aromatic rings. The van der Waals surface area contributed by atoms with Gasteiger partial charge in [0.1, 0.15) is 5.44 Å². The molecule has 86 valence electrons. The van der Waals surface area contributed by atoms with Gasteiger partial charge in [-0.2, -0.15) is 0 Å². The first-order chi connectivity index (χ1) is 7.24. The summed E-state index contributed by atoms with van der Waals surface area (Å²) in [5.74, 6) is 0. The fourth-order valence-electron chi connectivity index (χ4n) is 1.97. The molecule has 4 unspecified atom stereocenters. The summed E-state index contributed by atoms with van der Waals surface area (Å²) in [4.78, 5) is 4.07. The first kappa shape index (κ1) is 11.2. The molecule has 2 aliphatic rings. The third kappa shape index (κ3) is 2.28. The fourth-order valence-corrected chi connectivity index (χ4v) is 3.11. The van der Waals surface area contributed by atoms with Crippen molar-refractivity contribution in [2.75, 3.05) is 13.6 Å². The van der Waals surface area contributed by atoms with Crippen LogP contribution in [0.3, 0.4) is 0 Å². The van der Waals surface area contributed by atoms with Crippen LogP contribution in [-0.2, 0) is 4.74 Å². The number of rotatable bonds is 2. The molecule has 5 nitrogen and oxygen atoms in total. The summed E-state index contributed by atoms with van der Waals surface area (Å²) in [6.45, 7) is 0.599. The molecule has 2 rings (SSSR count). The Balaban J connectivity index is 2.00. The van der Waals surface area contributed by atoms with E-state index in [0.29, 0.717) is 13.0 Å². The van der Waals surface area contributed by atoms with Crippen LogP contribution in [0.25, 0.3) is 0 Å². The van der Waals surface area contributed by atoms with Crippen LogP contribution >= 0.6 is 11.8 Å². The number of nitrogens with two attached hydrogens (primary N) is 1. The predicted molar refractivity (Wildman–Crippen MR) is 60.8 cm³/mol. The Bertz CT molecular complexity index is 262. The van der Waals surface area contributed by atoms with Gasteiger partial charge in [0.05, 0.1) is 18.2 Å².